The third kappa shape index (κ3) is 3.47. The number of nitrogens with zero attached hydrogens (tertiary/aromatic N) is 2. The largest absolute Gasteiger partial charge is 0.513 e. The van der Waals surface area contributed by atoms with Gasteiger partial charge < -0.3 is 15.2 Å². The number of aromatic amines is 1. The molecule has 1 heterocycles. The summed E-state index contributed by atoms with van der Waals surface area (Å²) in [5.41, 5.74) is 10.8. The lowest BCUT2D eigenvalue weighted by Gasteiger charge is -2.14. The topological polar surface area (TPSA) is 120 Å². The molecule has 0 radical (unpaired) electrons. The summed E-state index contributed by atoms with van der Waals surface area (Å²) >= 11 is 0. The number of aromatic nitrogens is 3. The minimum absolute atomic E-state index is 0.0372. The summed E-state index contributed by atoms with van der Waals surface area (Å²) in [7, 11) is 0. The average molecular weight is 426 g/mol. The van der Waals surface area contributed by atoms with Crippen LogP contribution >= 0.6 is 0 Å². The molecule has 0 spiro atoms. The van der Waals surface area contributed by atoms with Crippen LogP contribution in [0.3, 0.4) is 0 Å². The van der Waals surface area contributed by atoms with Gasteiger partial charge in [-0.25, -0.2) is 4.79 Å². The molecule has 1 amide bonds. The van der Waals surface area contributed by atoms with Gasteiger partial charge in [0.15, 0.2) is 5.69 Å². The van der Waals surface area contributed by atoms with Crippen molar-refractivity contribution in [2.45, 2.75) is 5.92 Å². The number of carbonyl (C=O) groups is 2. The first-order valence-electron chi connectivity index (χ1n) is 9.95. The minimum atomic E-state index is -0.793. The Morgan fingerprint density at radius 1 is 0.875 bits per heavy atom. The van der Waals surface area contributed by atoms with E-state index in [9.17, 15) is 9.59 Å². The van der Waals surface area contributed by atoms with Crippen molar-refractivity contribution < 1.29 is 19.1 Å². The molecule has 0 saturated heterocycles. The molecule has 1 aliphatic carbocycles. The van der Waals surface area contributed by atoms with Crippen LogP contribution < -0.4 is 10.5 Å². The second-order valence-electron chi connectivity index (χ2n) is 7.30. The zero-order valence-corrected chi connectivity index (χ0v) is 16.8. The van der Waals surface area contributed by atoms with Gasteiger partial charge in [0.1, 0.15) is 18.1 Å². The molecule has 0 bridgehead atoms. The van der Waals surface area contributed by atoms with E-state index >= 15 is 0 Å². The molecule has 1 aromatic heterocycles. The number of hydrogen-bond acceptors (Lipinski definition) is 6. The van der Waals surface area contributed by atoms with Gasteiger partial charge in [-0.1, -0.05) is 48.5 Å². The highest BCUT2D eigenvalue weighted by molar-refractivity contribution is 5.96. The lowest BCUT2D eigenvalue weighted by atomic mass is 9.98. The zero-order chi connectivity index (χ0) is 22.1. The first kappa shape index (κ1) is 19.5. The maximum Gasteiger partial charge on any atom is 0.513 e. The Kier molecular flexibility index (Phi) is 4.87. The summed E-state index contributed by atoms with van der Waals surface area (Å²) in [5.74, 6) is -0.431. The second-order valence-corrected chi connectivity index (χ2v) is 7.30. The number of nitrogens with one attached hydrogen (secondary N) is 1. The summed E-state index contributed by atoms with van der Waals surface area (Å²) in [6.07, 6.45) is -0.793. The van der Waals surface area contributed by atoms with Crippen molar-refractivity contribution in [2.75, 3.05) is 6.61 Å². The van der Waals surface area contributed by atoms with Crippen LogP contribution in [-0.2, 0) is 4.74 Å². The van der Waals surface area contributed by atoms with Gasteiger partial charge in [-0.2, -0.15) is 15.4 Å². The van der Waals surface area contributed by atoms with Crippen LogP contribution in [0, 0.1) is 0 Å². The van der Waals surface area contributed by atoms with Gasteiger partial charge in [0.05, 0.1) is 0 Å². The predicted molar refractivity (Wildman–Crippen MR) is 116 cm³/mol. The molecule has 3 aromatic carbocycles. The Morgan fingerprint density at radius 2 is 1.50 bits per heavy atom. The number of primary amides is 1. The van der Waals surface area contributed by atoms with Crippen LogP contribution in [0.25, 0.3) is 22.4 Å². The average Bonchev–Trinajstić information content (AvgIpc) is 3.42. The van der Waals surface area contributed by atoms with Gasteiger partial charge in [0, 0.05) is 11.5 Å². The van der Waals surface area contributed by atoms with Crippen LogP contribution in [0.1, 0.15) is 27.5 Å². The van der Waals surface area contributed by atoms with Crippen molar-refractivity contribution in [2.24, 2.45) is 5.73 Å². The molecular weight excluding hydrogens is 408 g/mol. The smallest absolute Gasteiger partial charge is 0.433 e. The first-order chi connectivity index (χ1) is 15.6. The summed E-state index contributed by atoms with van der Waals surface area (Å²) in [5, 5.41) is 10.1. The highest BCUT2D eigenvalue weighted by atomic mass is 16.7. The Hall–Kier alpha value is -4.46. The van der Waals surface area contributed by atoms with Gasteiger partial charge in [0.25, 0.3) is 5.91 Å². The van der Waals surface area contributed by atoms with Gasteiger partial charge in [-0.05, 0) is 46.5 Å². The summed E-state index contributed by atoms with van der Waals surface area (Å²) in [4.78, 5) is 23.7. The van der Waals surface area contributed by atoms with E-state index < -0.39 is 12.1 Å². The maximum atomic E-state index is 12.3. The molecule has 4 aromatic rings. The van der Waals surface area contributed by atoms with Gasteiger partial charge in [0.2, 0.25) is 0 Å². The number of ether oxygens (including phenoxy) is 2. The zero-order valence-electron chi connectivity index (χ0n) is 16.8. The van der Waals surface area contributed by atoms with E-state index in [1.54, 1.807) is 24.3 Å². The van der Waals surface area contributed by atoms with Crippen LogP contribution in [0.15, 0.2) is 72.8 Å². The molecule has 32 heavy (non-hydrogen) atoms. The number of fused-ring (bicyclic) bond motifs is 3. The van der Waals surface area contributed by atoms with E-state index in [0.29, 0.717) is 17.0 Å². The summed E-state index contributed by atoms with van der Waals surface area (Å²) in [6.45, 7) is 0.172. The standard InChI is InChI=1S/C24H18N4O4/c25-23(29)22-21(26-28-27-22)14-9-11-15(12-10-14)32-24(30)31-13-20-18-7-3-1-5-16(18)17-6-2-4-8-19(17)20/h1-12,20H,13H2,(H2,25,29)(H,26,27,28). The first-order valence-corrected chi connectivity index (χ1v) is 9.95. The Morgan fingerprint density at radius 3 is 2.12 bits per heavy atom. The molecular formula is C24H18N4O4. The van der Waals surface area contributed by atoms with Gasteiger partial charge >= 0.3 is 6.16 Å². The van der Waals surface area contributed by atoms with Crippen LogP contribution in [0.2, 0.25) is 0 Å². The fourth-order valence-electron chi connectivity index (χ4n) is 4.00. The normalized spacial score (nSPS) is 12.1. The number of rotatable bonds is 5. The quantitative estimate of drug-likeness (QED) is 0.369. The van der Waals surface area contributed by atoms with E-state index in [1.165, 1.54) is 0 Å². The second kappa shape index (κ2) is 7.99. The van der Waals surface area contributed by atoms with Crippen LogP contribution in [0.4, 0.5) is 4.79 Å². The highest BCUT2D eigenvalue weighted by Gasteiger charge is 2.29. The predicted octanol–water partition coefficient (Wildman–Crippen LogP) is 3.90. The monoisotopic (exact) mass is 426 g/mol. The lowest BCUT2D eigenvalue weighted by molar-refractivity contribution is 0.0962. The number of benzene rings is 3. The maximum absolute atomic E-state index is 12.3. The van der Waals surface area contributed by atoms with Crippen molar-refractivity contribution in [3.63, 3.8) is 0 Å². The Balaban J connectivity index is 1.26. The summed E-state index contributed by atoms with van der Waals surface area (Å²) in [6, 6.07) is 22.7. The van der Waals surface area contributed by atoms with Gasteiger partial charge in [-0.3, -0.25) is 4.79 Å². The van der Waals surface area contributed by atoms with Crippen molar-refractivity contribution in [3.05, 3.63) is 89.6 Å². The number of carbonyl (C=O) groups excluding carboxylic acids is 2. The molecule has 0 aliphatic heterocycles. The fourth-order valence-corrected chi connectivity index (χ4v) is 4.00. The fraction of sp³-hybridized carbons (Fsp3) is 0.0833. The van der Waals surface area contributed by atoms with E-state index in [4.69, 9.17) is 15.2 Å². The third-order valence-corrected chi connectivity index (χ3v) is 5.44. The van der Waals surface area contributed by atoms with E-state index in [1.807, 2.05) is 24.3 Å². The molecule has 0 fully saturated rings. The molecule has 158 valence electrons. The van der Waals surface area contributed by atoms with Crippen LogP contribution in [-0.4, -0.2) is 34.1 Å². The molecule has 8 heteroatoms. The molecule has 0 atom stereocenters. The van der Waals surface area contributed by atoms with E-state index in [0.717, 1.165) is 22.3 Å². The lowest BCUT2D eigenvalue weighted by Crippen LogP contribution is -2.15. The molecule has 5 rings (SSSR count). The van der Waals surface area contributed by atoms with Crippen LogP contribution in [0.5, 0.6) is 5.75 Å². The molecule has 1 aliphatic rings. The van der Waals surface area contributed by atoms with Gasteiger partial charge in [-0.15, -0.1) is 0 Å². The van der Waals surface area contributed by atoms with Crippen molar-refractivity contribution >= 4 is 12.1 Å². The van der Waals surface area contributed by atoms with Crippen molar-refractivity contribution in [1.29, 1.82) is 0 Å². The van der Waals surface area contributed by atoms with E-state index in [2.05, 4.69) is 39.7 Å². The minimum Gasteiger partial charge on any atom is -0.433 e. The molecule has 8 nitrogen and oxygen atoms in total. The number of H-pyrrole nitrogens is 1. The molecule has 3 N–H and O–H groups in total. The van der Waals surface area contributed by atoms with Crippen molar-refractivity contribution in [1.82, 2.24) is 15.4 Å². The summed E-state index contributed by atoms with van der Waals surface area (Å²) < 4.78 is 10.8. The van der Waals surface area contributed by atoms with Crippen molar-refractivity contribution in [3.8, 4) is 28.1 Å². The Bertz CT molecular complexity index is 1270. The highest BCUT2D eigenvalue weighted by Crippen LogP contribution is 2.44. The third-order valence-electron chi connectivity index (χ3n) is 5.44. The molecule has 0 unspecified atom stereocenters. The Labute approximate surface area is 183 Å². The molecule has 0 saturated carbocycles. The number of nitrogens with two attached hydrogens (primary N) is 1. The number of hydrogen-bond donors (Lipinski definition) is 2. The SMILES string of the molecule is NC(=O)c1n[nH]nc1-c1ccc(OC(=O)OCC2c3ccccc3-c3ccccc32)cc1. The number of amides is 1. The van der Waals surface area contributed by atoms with E-state index in [-0.39, 0.29) is 18.2 Å².